The summed E-state index contributed by atoms with van der Waals surface area (Å²) in [5.41, 5.74) is 12.6. The lowest BCUT2D eigenvalue weighted by Gasteiger charge is -2.30. The van der Waals surface area contributed by atoms with Crippen molar-refractivity contribution in [2.24, 2.45) is 11.5 Å². The first-order valence-electron chi connectivity index (χ1n) is 12.6. The van der Waals surface area contributed by atoms with Crippen LogP contribution in [-0.2, 0) is 20.7 Å². The maximum Gasteiger partial charge on any atom is 0.333 e. The molecular weight excluding hydrogens is 494 g/mol. The first-order valence-corrected chi connectivity index (χ1v) is 13.6. The van der Waals surface area contributed by atoms with Crippen molar-refractivity contribution in [1.82, 2.24) is 0 Å². The third-order valence-corrected chi connectivity index (χ3v) is 6.77. The Balaban J connectivity index is 0.000000410. The molecule has 0 saturated carbocycles. The molecule has 9 nitrogen and oxygen atoms in total. The van der Waals surface area contributed by atoms with Crippen molar-refractivity contribution in [2.45, 2.75) is 49.6 Å². The zero-order valence-electron chi connectivity index (χ0n) is 21.4. The lowest BCUT2D eigenvalue weighted by molar-refractivity contribution is -0.150. The number of carbonyl (C=O) groups is 2. The second-order valence-electron chi connectivity index (χ2n) is 8.51. The van der Waals surface area contributed by atoms with Crippen LogP contribution >= 0.6 is 11.8 Å². The molecule has 2 atom stereocenters. The van der Waals surface area contributed by atoms with Crippen molar-refractivity contribution in [3.05, 3.63) is 54.1 Å². The molecule has 0 bridgehead atoms. The Morgan fingerprint density at radius 3 is 2.46 bits per heavy atom. The van der Waals surface area contributed by atoms with Crippen LogP contribution in [0.5, 0.6) is 5.75 Å². The van der Waals surface area contributed by atoms with Crippen molar-refractivity contribution in [1.29, 1.82) is 0 Å². The fraction of sp³-hybridized carbons (Fsp3) is 0.481. The van der Waals surface area contributed by atoms with Gasteiger partial charge >= 0.3 is 11.9 Å². The zero-order chi connectivity index (χ0) is 27.0. The van der Waals surface area contributed by atoms with Crippen molar-refractivity contribution < 1.29 is 29.3 Å². The number of rotatable bonds is 14. The first kappa shape index (κ1) is 30.4. The predicted molar refractivity (Wildman–Crippen MR) is 147 cm³/mol. The highest BCUT2D eigenvalue weighted by Crippen LogP contribution is 2.34. The average molecular weight is 534 g/mol. The highest BCUT2D eigenvalue weighted by molar-refractivity contribution is 7.99. The van der Waals surface area contributed by atoms with Gasteiger partial charge in [0.25, 0.3) is 0 Å². The maximum atomic E-state index is 11.2. The Morgan fingerprint density at radius 1 is 1.08 bits per heavy atom. The molecule has 3 rings (SSSR count). The van der Waals surface area contributed by atoms with Gasteiger partial charge in [0.15, 0.2) is 6.10 Å². The molecule has 0 aliphatic carbocycles. The van der Waals surface area contributed by atoms with Gasteiger partial charge in [-0.05, 0) is 56.1 Å². The van der Waals surface area contributed by atoms with Gasteiger partial charge in [0, 0.05) is 30.2 Å². The van der Waals surface area contributed by atoms with E-state index in [4.69, 9.17) is 26.0 Å². The SMILES string of the molecule is CCOC(Cc1ccc(OCCN2CCSc3ccccc32)cc1)C(=O)O.NCCCC[C@H](N)C(=O)O. The number of anilines is 1. The summed E-state index contributed by atoms with van der Waals surface area (Å²) < 4.78 is 11.1. The number of carboxylic acids is 2. The Labute approximate surface area is 223 Å². The van der Waals surface area contributed by atoms with Gasteiger partial charge in [0.1, 0.15) is 18.4 Å². The molecule has 1 heterocycles. The molecular formula is C27H39N3O6S. The van der Waals surface area contributed by atoms with Gasteiger partial charge in [0.05, 0.1) is 12.2 Å². The van der Waals surface area contributed by atoms with E-state index in [0.29, 0.717) is 32.6 Å². The molecule has 0 radical (unpaired) electrons. The molecule has 2 aromatic rings. The number of para-hydroxylation sites is 1. The minimum absolute atomic E-state index is 0.353. The van der Waals surface area contributed by atoms with E-state index in [0.717, 1.165) is 43.0 Å². The van der Waals surface area contributed by atoms with Crippen LogP contribution < -0.4 is 21.1 Å². The molecule has 0 amide bonds. The van der Waals surface area contributed by atoms with E-state index in [1.165, 1.54) is 10.6 Å². The fourth-order valence-electron chi connectivity index (χ4n) is 3.72. The molecule has 6 N–H and O–H groups in total. The Kier molecular flexibility index (Phi) is 13.9. The van der Waals surface area contributed by atoms with Crippen LogP contribution in [0.4, 0.5) is 5.69 Å². The standard InChI is InChI=1S/C21H25NO4S.C6H14N2O2/c1-2-25-19(21(23)24)15-16-7-9-17(10-8-16)26-13-11-22-12-14-27-20-6-4-3-5-18(20)22;7-4-2-1-3-5(8)6(9)10/h3-10,19H,2,11-15H2,1H3,(H,23,24);5H,1-4,7-8H2,(H,9,10)/t;5-/m.0/s1. The van der Waals surface area contributed by atoms with Crippen LogP contribution in [0.25, 0.3) is 0 Å². The maximum absolute atomic E-state index is 11.2. The van der Waals surface area contributed by atoms with Crippen LogP contribution in [-0.4, -0.2) is 72.9 Å². The van der Waals surface area contributed by atoms with E-state index in [1.54, 1.807) is 6.92 Å². The highest BCUT2D eigenvalue weighted by Gasteiger charge is 2.18. The first-order chi connectivity index (χ1) is 17.8. The summed E-state index contributed by atoms with van der Waals surface area (Å²) in [7, 11) is 0. The fourth-order valence-corrected chi connectivity index (χ4v) is 4.77. The predicted octanol–water partition coefficient (Wildman–Crippen LogP) is 3.24. The van der Waals surface area contributed by atoms with Gasteiger partial charge in [-0.3, -0.25) is 4.79 Å². The number of nitrogens with two attached hydrogens (primary N) is 2. The summed E-state index contributed by atoms with van der Waals surface area (Å²) >= 11 is 1.90. The smallest absolute Gasteiger partial charge is 0.333 e. The second kappa shape index (κ2) is 16.9. The lowest BCUT2D eigenvalue weighted by atomic mass is 10.1. The van der Waals surface area contributed by atoms with Crippen molar-refractivity contribution >= 4 is 29.4 Å². The quantitative estimate of drug-likeness (QED) is 0.267. The lowest BCUT2D eigenvalue weighted by Crippen LogP contribution is -2.33. The summed E-state index contributed by atoms with van der Waals surface area (Å²) in [5.74, 6) is 0.0203. The zero-order valence-corrected chi connectivity index (χ0v) is 22.2. The van der Waals surface area contributed by atoms with Crippen molar-refractivity contribution in [3.8, 4) is 5.75 Å². The van der Waals surface area contributed by atoms with E-state index >= 15 is 0 Å². The van der Waals surface area contributed by atoms with E-state index in [9.17, 15) is 14.7 Å². The van der Waals surface area contributed by atoms with Crippen LogP contribution in [0.2, 0.25) is 0 Å². The molecule has 1 unspecified atom stereocenters. The highest BCUT2D eigenvalue weighted by atomic mass is 32.2. The number of unbranched alkanes of at least 4 members (excludes halogenated alkanes) is 1. The largest absolute Gasteiger partial charge is 0.492 e. The summed E-state index contributed by atoms with van der Waals surface area (Å²) in [6.07, 6.45) is 1.71. The van der Waals surface area contributed by atoms with Gasteiger partial charge in [-0.1, -0.05) is 30.7 Å². The number of fused-ring (bicyclic) bond motifs is 1. The summed E-state index contributed by atoms with van der Waals surface area (Å²) in [5, 5.41) is 17.5. The number of hydrogen-bond donors (Lipinski definition) is 4. The number of hydrogen-bond acceptors (Lipinski definition) is 8. The number of nitrogens with zero attached hydrogens (tertiary/aromatic N) is 1. The van der Waals surface area contributed by atoms with Crippen molar-refractivity contribution in [3.63, 3.8) is 0 Å². The van der Waals surface area contributed by atoms with E-state index in [-0.39, 0.29) is 0 Å². The molecule has 0 fully saturated rings. The second-order valence-corrected chi connectivity index (χ2v) is 9.65. The number of ether oxygens (including phenoxy) is 2. The van der Waals surface area contributed by atoms with Crippen LogP contribution in [0, 0.1) is 0 Å². The minimum atomic E-state index is -0.933. The summed E-state index contributed by atoms with van der Waals surface area (Å²) in [6, 6.07) is 15.3. The molecule has 0 saturated heterocycles. The van der Waals surface area contributed by atoms with Crippen molar-refractivity contribution in [2.75, 3.05) is 43.5 Å². The molecule has 0 spiro atoms. The minimum Gasteiger partial charge on any atom is -0.492 e. The molecule has 1 aliphatic heterocycles. The number of aliphatic carboxylic acids is 2. The molecule has 0 aromatic heterocycles. The van der Waals surface area contributed by atoms with Crippen LogP contribution in [0.15, 0.2) is 53.4 Å². The molecule has 204 valence electrons. The number of benzene rings is 2. The monoisotopic (exact) mass is 533 g/mol. The third kappa shape index (κ3) is 11.0. The Bertz CT molecular complexity index is 959. The Morgan fingerprint density at radius 2 is 1.81 bits per heavy atom. The van der Waals surface area contributed by atoms with Crippen LogP contribution in [0.3, 0.4) is 0 Å². The molecule has 37 heavy (non-hydrogen) atoms. The average Bonchev–Trinajstić information content (AvgIpc) is 2.90. The topological polar surface area (TPSA) is 148 Å². The van der Waals surface area contributed by atoms with Gasteiger partial charge in [-0.2, -0.15) is 0 Å². The van der Waals surface area contributed by atoms with Gasteiger partial charge in [-0.15, -0.1) is 11.8 Å². The Hall–Kier alpha value is -2.79. The summed E-state index contributed by atoms with van der Waals surface area (Å²) in [6.45, 7) is 5.26. The van der Waals surface area contributed by atoms with Crippen LogP contribution in [0.1, 0.15) is 31.7 Å². The number of carboxylic acid groups (broad SMARTS) is 2. The number of thioether (sulfide) groups is 1. The van der Waals surface area contributed by atoms with Gasteiger partial charge in [0.2, 0.25) is 0 Å². The van der Waals surface area contributed by atoms with Gasteiger partial charge < -0.3 is 36.1 Å². The van der Waals surface area contributed by atoms with E-state index < -0.39 is 24.1 Å². The van der Waals surface area contributed by atoms with Gasteiger partial charge in [-0.25, -0.2) is 4.79 Å². The van der Waals surface area contributed by atoms with E-state index in [1.807, 2.05) is 36.0 Å². The summed E-state index contributed by atoms with van der Waals surface area (Å²) in [4.78, 5) is 25.0. The molecule has 2 aromatic carbocycles. The normalized spacial score (nSPS) is 14.1. The third-order valence-electron chi connectivity index (χ3n) is 5.73. The van der Waals surface area contributed by atoms with E-state index in [2.05, 4.69) is 29.2 Å². The molecule has 1 aliphatic rings. The molecule has 10 heteroatoms.